The Labute approximate surface area is 112 Å². The lowest BCUT2D eigenvalue weighted by Gasteiger charge is -2.12. The summed E-state index contributed by atoms with van der Waals surface area (Å²) in [5, 5.41) is 9.30. The zero-order chi connectivity index (χ0) is 12.3. The van der Waals surface area contributed by atoms with E-state index in [-0.39, 0.29) is 10.8 Å². The van der Waals surface area contributed by atoms with Crippen molar-refractivity contribution in [3.05, 3.63) is 14.9 Å². The van der Waals surface area contributed by atoms with Gasteiger partial charge in [-0.25, -0.2) is 13.1 Å². The van der Waals surface area contributed by atoms with Crippen LogP contribution >= 0.6 is 38.9 Å². The molecule has 0 fully saturated rings. The number of halogens is 2. The molecule has 0 radical (unpaired) electrons. The summed E-state index contributed by atoms with van der Waals surface area (Å²) in [4.78, 5) is 0. The zero-order valence-electron chi connectivity index (χ0n) is 8.41. The van der Waals surface area contributed by atoms with Crippen LogP contribution in [-0.4, -0.2) is 26.2 Å². The van der Waals surface area contributed by atoms with Gasteiger partial charge < -0.3 is 5.11 Å². The highest BCUT2D eigenvalue weighted by atomic mass is 79.9. The number of rotatable bonds is 5. The van der Waals surface area contributed by atoms with Gasteiger partial charge in [-0.1, -0.05) is 18.5 Å². The molecule has 0 amide bonds. The first kappa shape index (κ1) is 14.4. The minimum Gasteiger partial charge on any atom is -0.395 e. The van der Waals surface area contributed by atoms with Gasteiger partial charge in [-0.2, -0.15) is 0 Å². The number of sulfonamides is 1. The van der Waals surface area contributed by atoms with Gasteiger partial charge in [-0.15, -0.1) is 11.3 Å². The summed E-state index contributed by atoms with van der Waals surface area (Å²) < 4.78 is 26.8. The molecule has 0 aliphatic rings. The van der Waals surface area contributed by atoms with Crippen molar-refractivity contribution in [2.45, 2.75) is 23.6 Å². The Hall–Kier alpha value is 0.340. The molecule has 1 atom stereocenters. The van der Waals surface area contributed by atoms with Gasteiger partial charge in [0.2, 0.25) is 10.0 Å². The number of thiophene rings is 1. The summed E-state index contributed by atoms with van der Waals surface area (Å²) in [7, 11) is -3.59. The van der Waals surface area contributed by atoms with Crippen LogP contribution in [0.15, 0.2) is 14.1 Å². The smallest absolute Gasteiger partial charge is 0.250 e. The Bertz CT molecular complexity index is 436. The van der Waals surface area contributed by atoms with Crippen LogP contribution in [0.1, 0.15) is 13.3 Å². The fourth-order valence-electron chi connectivity index (χ4n) is 0.986. The predicted molar refractivity (Wildman–Crippen MR) is 68.5 cm³/mol. The highest BCUT2D eigenvalue weighted by Gasteiger charge is 2.21. The first-order valence-electron chi connectivity index (χ1n) is 4.48. The van der Waals surface area contributed by atoms with Crippen LogP contribution in [0.25, 0.3) is 0 Å². The molecular weight excluding hydrogens is 338 g/mol. The number of hydrogen-bond acceptors (Lipinski definition) is 4. The van der Waals surface area contributed by atoms with Gasteiger partial charge in [0.25, 0.3) is 0 Å². The largest absolute Gasteiger partial charge is 0.395 e. The first-order valence-corrected chi connectivity index (χ1v) is 7.95. The molecule has 16 heavy (non-hydrogen) atoms. The second-order valence-electron chi connectivity index (χ2n) is 3.10. The number of nitrogens with one attached hydrogen (secondary N) is 1. The van der Waals surface area contributed by atoms with E-state index in [9.17, 15) is 8.42 Å². The topological polar surface area (TPSA) is 66.4 Å². The molecule has 1 unspecified atom stereocenters. The third kappa shape index (κ3) is 3.41. The molecule has 0 bridgehead atoms. The van der Waals surface area contributed by atoms with Crippen LogP contribution in [0.5, 0.6) is 0 Å². The predicted octanol–water partition coefficient (Wildman–Crippen LogP) is 2.21. The SMILES string of the molecule is CCC(CO)NS(=O)(=O)c1cc(Cl)c(Br)s1. The van der Waals surface area contributed by atoms with E-state index in [1.165, 1.54) is 6.07 Å². The number of aliphatic hydroxyl groups is 1. The van der Waals surface area contributed by atoms with Gasteiger partial charge in [0, 0.05) is 6.04 Å². The highest BCUT2D eigenvalue weighted by molar-refractivity contribution is 9.11. The minimum atomic E-state index is -3.59. The van der Waals surface area contributed by atoms with E-state index in [2.05, 4.69) is 20.7 Å². The van der Waals surface area contributed by atoms with Crippen molar-refractivity contribution in [2.75, 3.05) is 6.61 Å². The second-order valence-corrected chi connectivity index (χ2v) is 7.81. The number of aliphatic hydroxyl groups excluding tert-OH is 1. The van der Waals surface area contributed by atoms with Crippen molar-refractivity contribution in [3.8, 4) is 0 Å². The maximum absolute atomic E-state index is 11.8. The van der Waals surface area contributed by atoms with Crippen molar-refractivity contribution in [1.82, 2.24) is 4.72 Å². The van der Waals surface area contributed by atoms with Gasteiger partial charge in [0.1, 0.15) is 4.21 Å². The third-order valence-electron chi connectivity index (χ3n) is 1.92. The average Bonchev–Trinajstić information content (AvgIpc) is 2.56. The van der Waals surface area contributed by atoms with E-state index >= 15 is 0 Å². The van der Waals surface area contributed by atoms with Crippen LogP contribution in [0.3, 0.4) is 0 Å². The lowest BCUT2D eigenvalue weighted by atomic mass is 10.3. The van der Waals surface area contributed by atoms with Gasteiger partial charge in [0.15, 0.2) is 0 Å². The van der Waals surface area contributed by atoms with E-state index in [1.807, 2.05) is 0 Å². The molecule has 1 aromatic heterocycles. The molecular formula is C8H11BrClNO3S2. The van der Waals surface area contributed by atoms with Gasteiger partial charge in [0.05, 0.1) is 15.4 Å². The van der Waals surface area contributed by atoms with Crippen LogP contribution in [0.2, 0.25) is 5.02 Å². The molecule has 8 heteroatoms. The molecule has 1 aromatic rings. The Morgan fingerprint density at radius 1 is 1.69 bits per heavy atom. The van der Waals surface area contributed by atoms with Crippen molar-refractivity contribution >= 4 is 48.9 Å². The number of hydrogen-bond donors (Lipinski definition) is 2. The van der Waals surface area contributed by atoms with Crippen molar-refractivity contribution in [3.63, 3.8) is 0 Å². The molecule has 0 aromatic carbocycles. The van der Waals surface area contributed by atoms with Gasteiger partial charge in [-0.05, 0) is 28.4 Å². The second kappa shape index (κ2) is 5.79. The molecule has 4 nitrogen and oxygen atoms in total. The van der Waals surface area contributed by atoms with Crippen molar-refractivity contribution in [1.29, 1.82) is 0 Å². The Morgan fingerprint density at radius 3 is 2.69 bits per heavy atom. The minimum absolute atomic E-state index is 0.135. The van der Waals surface area contributed by atoms with Crippen molar-refractivity contribution in [2.24, 2.45) is 0 Å². The fraction of sp³-hybridized carbons (Fsp3) is 0.500. The Balaban J connectivity index is 2.94. The monoisotopic (exact) mass is 347 g/mol. The first-order chi connectivity index (χ1) is 7.40. The summed E-state index contributed by atoms with van der Waals surface area (Å²) in [6.07, 6.45) is 0.524. The molecule has 0 saturated heterocycles. The van der Waals surface area contributed by atoms with Crippen molar-refractivity contribution < 1.29 is 13.5 Å². The maximum atomic E-state index is 11.8. The van der Waals surface area contributed by atoms with Gasteiger partial charge in [-0.3, -0.25) is 0 Å². The third-order valence-corrected chi connectivity index (χ3v) is 6.39. The molecule has 92 valence electrons. The van der Waals surface area contributed by atoms with Gasteiger partial charge >= 0.3 is 0 Å². The molecule has 0 aliphatic carbocycles. The van der Waals surface area contributed by atoms with E-state index < -0.39 is 16.1 Å². The van der Waals surface area contributed by atoms with E-state index in [0.717, 1.165) is 11.3 Å². The molecule has 0 spiro atoms. The van der Waals surface area contributed by atoms with E-state index in [0.29, 0.717) is 15.2 Å². The zero-order valence-corrected chi connectivity index (χ0v) is 12.4. The lowest BCUT2D eigenvalue weighted by Crippen LogP contribution is -2.36. The summed E-state index contributed by atoms with van der Waals surface area (Å²) >= 11 is 9.95. The van der Waals surface area contributed by atoms with Crippen LogP contribution in [-0.2, 0) is 10.0 Å². The molecule has 2 N–H and O–H groups in total. The molecule has 1 rings (SSSR count). The summed E-state index contributed by atoms with van der Waals surface area (Å²) in [6.45, 7) is 1.57. The Kier molecular flexibility index (Phi) is 5.21. The quantitative estimate of drug-likeness (QED) is 0.857. The summed E-state index contributed by atoms with van der Waals surface area (Å²) in [5.74, 6) is 0. The average molecular weight is 349 g/mol. The van der Waals surface area contributed by atoms with Crippen LogP contribution in [0.4, 0.5) is 0 Å². The normalized spacial score (nSPS) is 14.0. The Morgan fingerprint density at radius 2 is 2.31 bits per heavy atom. The fourth-order valence-corrected chi connectivity index (χ4v) is 4.71. The highest BCUT2D eigenvalue weighted by Crippen LogP contribution is 2.34. The van der Waals surface area contributed by atoms with E-state index in [1.54, 1.807) is 6.92 Å². The lowest BCUT2D eigenvalue weighted by molar-refractivity contribution is 0.254. The van der Waals surface area contributed by atoms with Crippen LogP contribution < -0.4 is 4.72 Å². The van der Waals surface area contributed by atoms with E-state index in [4.69, 9.17) is 16.7 Å². The molecule has 0 saturated carbocycles. The summed E-state index contributed by atoms with van der Waals surface area (Å²) in [6, 6.07) is 0.910. The van der Waals surface area contributed by atoms with Crippen LogP contribution in [0, 0.1) is 0 Å². The maximum Gasteiger partial charge on any atom is 0.250 e. The molecule has 1 heterocycles. The summed E-state index contributed by atoms with van der Waals surface area (Å²) in [5.41, 5.74) is 0. The standard InChI is InChI=1S/C8H11BrClNO3S2/c1-2-5(4-12)11-16(13,14)7-3-6(10)8(9)15-7/h3,5,11-12H,2,4H2,1H3. The molecule has 0 aliphatic heterocycles.